The van der Waals surface area contributed by atoms with E-state index in [9.17, 15) is 0 Å². The fourth-order valence-corrected chi connectivity index (χ4v) is 2.86. The zero-order chi connectivity index (χ0) is 11.8. The van der Waals surface area contributed by atoms with E-state index >= 15 is 0 Å². The van der Waals surface area contributed by atoms with Gasteiger partial charge < -0.3 is 0 Å². The van der Waals surface area contributed by atoms with E-state index in [2.05, 4.69) is 37.9 Å². The van der Waals surface area contributed by atoms with Crippen LogP contribution in [0.2, 0.25) is 13.1 Å². The van der Waals surface area contributed by atoms with E-state index in [0.717, 1.165) is 6.42 Å². The predicted molar refractivity (Wildman–Crippen MR) is 75.1 cm³/mol. The molecule has 0 bridgehead atoms. The molecule has 0 saturated carbocycles. The smallest absolute Gasteiger partial charge is 0.214 e. The number of hydrogen-bond acceptors (Lipinski definition) is 0. The van der Waals surface area contributed by atoms with Gasteiger partial charge in [-0.1, -0.05) is 19.2 Å². The Morgan fingerprint density at radius 3 is 2.35 bits per heavy atom. The molecule has 0 aliphatic rings. The summed E-state index contributed by atoms with van der Waals surface area (Å²) in [6, 6.07) is 16.6. The monoisotopic (exact) mass is 283 g/mol. The SMILES string of the molecule is C=CCc1ccc[c-]1[Si](C)C.[Fe+2].c1cc[cH-]c1. The van der Waals surface area contributed by atoms with E-state index < -0.39 is 0 Å². The molecular formula is C15H19FeSi. The van der Waals surface area contributed by atoms with Crippen molar-refractivity contribution in [2.45, 2.75) is 19.5 Å². The maximum absolute atomic E-state index is 3.75. The molecule has 0 saturated heterocycles. The third-order valence-electron chi connectivity index (χ3n) is 2.36. The normalized spacial score (nSPS) is 9.12. The van der Waals surface area contributed by atoms with Crippen molar-refractivity contribution in [3.63, 3.8) is 0 Å². The van der Waals surface area contributed by atoms with Crippen LogP contribution in [0.5, 0.6) is 0 Å². The van der Waals surface area contributed by atoms with E-state index in [-0.39, 0.29) is 25.9 Å². The summed E-state index contributed by atoms with van der Waals surface area (Å²) in [5.74, 6) is 0. The van der Waals surface area contributed by atoms with Crippen LogP contribution in [-0.4, -0.2) is 8.80 Å². The molecule has 2 aromatic carbocycles. The van der Waals surface area contributed by atoms with Crippen molar-refractivity contribution >= 4 is 14.0 Å². The fraction of sp³-hybridized carbons (Fsp3) is 0.200. The molecule has 0 spiro atoms. The fourth-order valence-electron chi connectivity index (χ4n) is 1.60. The topological polar surface area (TPSA) is 0 Å². The zero-order valence-electron chi connectivity index (χ0n) is 10.5. The minimum Gasteiger partial charge on any atom is -0.214 e. The van der Waals surface area contributed by atoms with Crippen molar-refractivity contribution in [1.29, 1.82) is 0 Å². The van der Waals surface area contributed by atoms with Crippen LogP contribution in [0, 0.1) is 0 Å². The van der Waals surface area contributed by atoms with Gasteiger partial charge in [-0.2, -0.15) is 35.0 Å². The van der Waals surface area contributed by atoms with Crippen LogP contribution >= 0.6 is 0 Å². The third-order valence-corrected chi connectivity index (χ3v) is 3.93. The van der Waals surface area contributed by atoms with Gasteiger partial charge >= 0.3 is 17.1 Å². The minimum atomic E-state index is -0.269. The van der Waals surface area contributed by atoms with Gasteiger partial charge in [-0.25, -0.2) is 24.3 Å². The molecule has 0 atom stereocenters. The minimum absolute atomic E-state index is 0. The quantitative estimate of drug-likeness (QED) is 0.459. The van der Waals surface area contributed by atoms with Crippen LogP contribution in [0.4, 0.5) is 0 Å². The third kappa shape index (κ3) is 5.88. The molecule has 0 unspecified atom stereocenters. The summed E-state index contributed by atoms with van der Waals surface area (Å²) < 4.78 is 0. The van der Waals surface area contributed by atoms with Gasteiger partial charge in [0.15, 0.2) is 0 Å². The summed E-state index contributed by atoms with van der Waals surface area (Å²) in [7, 11) is -0.269. The van der Waals surface area contributed by atoms with E-state index in [1.165, 1.54) is 5.56 Å². The molecule has 91 valence electrons. The molecule has 0 aliphatic heterocycles. The Kier molecular flexibility index (Phi) is 8.78. The molecule has 0 N–H and O–H groups in total. The predicted octanol–water partition coefficient (Wildman–Crippen LogP) is 3.50. The second kappa shape index (κ2) is 9.23. The first-order chi connectivity index (χ1) is 7.75. The van der Waals surface area contributed by atoms with Crippen LogP contribution in [-0.2, 0) is 23.5 Å². The van der Waals surface area contributed by atoms with Gasteiger partial charge in [0, 0.05) is 8.80 Å². The summed E-state index contributed by atoms with van der Waals surface area (Å²) in [4.78, 5) is 0. The first-order valence-corrected chi connectivity index (χ1v) is 8.08. The number of rotatable bonds is 3. The van der Waals surface area contributed by atoms with Crippen LogP contribution < -0.4 is 5.19 Å². The molecule has 17 heavy (non-hydrogen) atoms. The molecule has 0 fully saturated rings. The van der Waals surface area contributed by atoms with Crippen LogP contribution in [0.25, 0.3) is 0 Å². The molecule has 2 heteroatoms. The zero-order valence-corrected chi connectivity index (χ0v) is 12.6. The molecule has 0 nitrogen and oxygen atoms in total. The Morgan fingerprint density at radius 2 is 1.94 bits per heavy atom. The van der Waals surface area contributed by atoms with Gasteiger partial charge in [-0.05, 0) is 6.42 Å². The van der Waals surface area contributed by atoms with Gasteiger partial charge in [0.05, 0.1) is 0 Å². The van der Waals surface area contributed by atoms with Crippen molar-refractivity contribution in [1.82, 2.24) is 0 Å². The van der Waals surface area contributed by atoms with Crippen molar-refractivity contribution in [2.24, 2.45) is 0 Å². The van der Waals surface area contributed by atoms with Crippen LogP contribution in [0.3, 0.4) is 0 Å². The second-order valence-electron chi connectivity index (χ2n) is 3.92. The summed E-state index contributed by atoms with van der Waals surface area (Å²) in [6.45, 7) is 8.40. The maximum Gasteiger partial charge on any atom is 2.00 e. The molecule has 2 aromatic rings. The van der Waals surface area contributed by atoms with Gasteiger partial charge in [0.2, 0.25) is 0 Å². The largest absolute Gasteiger partial charge is 2.00 e. The molecule has 1 radical (unpaired) electrons. The summed E-state index contributed by atoms with van der Waals surface area (Å²) in [5.41, 5.74) is 1.47. The molecule has 2 rings (SSSR count). The second-order valence-corrected chi connectivity index (χ2v) is 6.46. The van der Waals surface area contributed by atoms with E-state index in [4.69, 9.17) is 0 Å². The Balaban J connectivity index is 0.000000360. The Bertz CT molecular complexity index is 368. The number of allylic oxidation sites excluding steroid dienone is 1. The first kappa shape index (κ1) is 16.2. The summed E-state index contributed by atoms with van der Waals surface area (Å²) >= 11 is 0. The molecule has 0 aromatic heterocycles. The summed E-state index contributed by atoms with van der Waals surface area (Å²) in [5, 5.41) is 1.56. The van der Waals surface area contributed by atoms with Crippen LogP contribution in [0.1, 0.15) is 5.56 Å². The Morgan fingerprint density at radius 1 is 1.29 bits per heavy atom. The standard InChI is InChI=1S/C10H14Si.C5H5.Fe/c1-4-6-9-7-5-8-10(9)11(2)3;1-2-4-5-3-1;/h4-5,7-8H,1,6H2,2-3H3;1-5H;/q2*-1;+2. The average Bonchev–Trinajstić information content (AvgIpc) is 2.91. The first-order valence-electron chi connectivity index (χ1n) is 5.58. The van der Waals surface area contributed by atoms with E-state index in [0.29, 0.717) is 0 Å². The van der Waals surface area contributed by atoms with Crippen molar-refractivity contribution in [2.75, 3.05) is 0 Å². The molecule has 0 amide bonds. The average molecular weight is 283 g/mol. The van der Waals surface area contributed by atoms with Crippen molar-refractivity contribution in [3.05, 3.63) is 66.7 Å². The van der Waals surface area contributed by atoms with Gasteiger partial charge in [-0.3, -0.25) is 0 Å². The Labute approximate surface area is 117 Å². The van der Waals surface area contributed by atoms with Crippen molar-refractivity contribution < 1.29 is 17.1 Å². The van der Waals surface area contributed by atoms with E-state index in [1.54, 1.807) is 5.19 Å². The van der Waals surface area contributed by atoms with E-state index in [1.807, 2.05) is 36.4 Å². The van der Waals surface area contributed by atoms with Crippen LogP contribution in [0.15, 0.2) is 61.2 Å². The molecule has 0 aliphatic carbocycles. The molecular weight excluding hydrogens is 264 g/mol. The van der Waals surface area contributed by atoms with Crippen molar-refractivity contribution in [3.8, 4) is 0 Å². The Hall–Kier alpha value is -0.824. The van der Waals surface area contributed by atoms with Gasteiger partial charge in [-0.15, -0.1) is 6.58 Å². The number of hydrogen-bond donors (Lipinski definition) is 0. The van der Waals surface area contributed by atoms with Gasteiger partial charge in [0.25, 0.3) is 0 Å². The molecule has 0 heterocycles. The summed E-state index contributed by atoms with van der Waals surface area (Å²) in [6.07, 6.45) is 3.00. The maximum atomic E-state index is 3.75. The van der Waals surface area contributed by atoms with Gasteiger partial charge in [0.1, 0.15) is 0 Å².